The summed E-state index contributed by atoms with van der Waals surface area (Å²) in [6, 6.07) is 3.56. The van der Waals surface area contributed by atoms with Gasteiger partial charge in [-0.05, 0) is 23.8 Å². The van der Waals surface area contributed by atoms with Gasteiger partial charge in [-0.15, -0.1) is 11.6 Å². The monoisotopic (exact) mass is 318 g/mol. The Labute approximate surface area is 113 Å². The summed E-state index contributed by atoms with van der Waals surface area (Å²) in [7, 11) is 3.12. The molecule has 0 N–H and O–H groups in total. The minimum atomic E-state index is -0.145. The van der Waals surface area contributed by atoms with E-state index in [0.717, 1.165) is 10.0 Å². The number of halogens is 2. The molecule has 3 nitrogen and oxygen atoms in total. The first-order valence-corrected chi connectivity index (χ1v) is 6.13. The molecule has 0 spiro atoms. The number of ether oxygens (including phenoxy) is 2. The molecule has 0 aliphatic heterocycles. The molecule has 0 saturated carbocycles. The fraction of sp³-hybridized carbons (Fsp3) is 0.250. The molecule has 5 heteroatoms. The molecule has 0 aromatic heterocycles. The van der Waals surface area contributed by atoms with E-state index in [1.54, 1.807) is 32.4 Å². The van der Waals surface area contributed by atoms with Crippen molar-refractivity contribution in [2.75, 3.05) is 20.1 Å². The molecule has 0 amide bonds. The van der Waals surface area contributed by atoms with Gasteiger partial charge in [-0.3, -0.25) is 4.79 Å². The maximum atomic E-state index is 11.1. The van der Waals surface area contributed by atoms with Gasteiger partial charge in [0, 0.05) is 4.47 Å². The van der Waals surface area contributed by atoms with Gasteiger partial charge >= 0.3 is 0 Å². The predicted molar refractivity (Wildman–Crippen MR) is 72.0 cm³/mol. The molecule has 1 aromatic rings. The van der Waals surface area contributed by atoms with Crippen molar-refractivity contribution in [3.63, 3.8) is 0 Å². The van der Waals surface area contributed by atoms with E-state index in [0.29, 0.717) is 11.5 Å². The van der Waals surface area contributed by atoms with Crippen molar-refractivity contribution >= 4 is 39.4 Å². The lowest BCUT2D eigenvalue weighted by Crippen LogP contribution is -1.94. The third-order valence-corrected chi connectivity index (χ3v) is 3.03. The average molecular weight is 320 g/mol. The van der Waals surface area contributed by atoms with Crippen molar-refractivity contribution in [1.82, 2.24) is 0 Å². The zero-order valence-corrected chi connectivity index (χ0v) is 11.8. The summed E-state index contributed by atoms with van der Waals surface area (Å²) in [5, 5.41) is 0. The van der Waals surface area contributed by atoms with Crippen molar-refractivity contribution in [3.8, 4) is 11.5 Å². The van der Waals surface area contributed by atoms with E-state index in [-0.39, 0.29) is 11.7 Å². The summed E-state index contributed by atoms with van der Waals surface area (Å²) in [4.78, 5) is 11.1. The second-order valence-corrected chi connectivity index (χ2v) is 4.28. The number of hydrogen-bond acceptors (Lipinski definition) is 3. The van der Waals surface area contributed by atoms with E-state index in [1.165, 1.54) is 6.08 Å². The van der Waals surface area contributed by atoms with Crippen LogP contribution in [-0.2, 0) is 4.79 Å². The number of rotatable bonds is 5. The maximum Gasteiger partial charge on any atom is 0.170 e. The molecule has 0 unspecified atom stereocenters. The van der Waals surface area contributed by atoms with E-state index < -0.39 is 0 Å². The number of alkyl halides is 1. The first-order chi connectivity index (χ1) is 8.12. The highest BCUT2D eigenvalue weighted by Crippen LogP contribution is 2.33. The molecule has 0 aliphatic carbocycles. The SMILES string of the molecule is COc1cc(Br)c(C=CC(=O)CCl)cc1OC. The number of carbonyl (C=O) groups is 1. The van der Waals surface area contributed by atoms with E-state index >= 15 is 0 Å². The highest BCUT2D eigenvalue weighted by Gasteiger charge is 2.07. The Balaban J connectivity index is 3.08. The number of carbonyl (C=O) groups excluding carboxylic acids is 1. The predicted octanol–water partition coefficient (Wildman–Crippen LogP) is 3.29. The molecule has 17 heavy (non-hydrogen) atoms. The van der Waals surface area contributed by atoms with Gasteiger partial charge < -0.3 is 9.47 Å². The molecule has 0 aliphatic rings. The molecule has 0 saturated heterocycles. The molecule has 1 rings (SSSR count). The second kappa shape index (κ2) is 6.67. The van der Waals surface area contributed by atoms with Crippen LogP contribution >= 0.6 is 27.5 Å². The Bertz CT molecular complexity index is 444. The molecule has 92 valence electrons. The zero-order valence-electron chi connectivity index (χ0n) is 9.50. The molecular formula is C12H12BrClO3. The Morgan fingerprint density at radius 2 is 1.94 bits per heavy atom. The molecule has 0 radical (unpaired) electrons. The number of allylic oxidation sites excluding steroid dienone is 1. The van der Waals surface area contributed by atoms with Crippen LogP contribution in [0.25, 0.3) is 6.08 Å². The highest BCUT2D eigenvalue weighted by atomic mass is 79.9. The van der Waals surface area contributed by atoms with Crippen molar-refractivity contribution in [2.45, 2.75) is 0 Å². The van der Waals surface area contributed by atoms with Crippen LogP contribution in [0.4, 0.5) is 0 Å². The molecular weight excluding hydrogens is 307 g/mol. The quantitative estimate of drug-likeness (QED) is 0.617. The first-order valence-electron chi connectivity index (χ1n) is 4.80. The molecule has 0 atom stereocenters. The summed E-state index contributed by atoms with van der Waals surface area (Å²) < 4.78 is 11.1. The Kier molecular flexibility index (Phi) is 5.51. The standard InChI is InChI=1S/C12H12BrClO3/c1-16-11-5-8(3-4-9(15)7-14)10(13)6-12(11)17-2/h3-6H,7H2,1-2H3. The molecule has 0 fully saturated rings. The van der Waals surface area contributed by atoms with Crippen LogP contribution in [0.3, 0.4) is 0 Å². The lowest BCUT2D eigenvalue weighted by atomic mass is 10.1. The summed E-state index contributed by atoms with van der Waals surface area (Å²) in [6.45, 7) is 0. The van der Waals surface area contributed by atoms with Crippen molar-refractivity contribution in [3.05, 3.63) is 28.2 Å². The van der Waals surface area contributed by atoms with Gasteiger partial charge in [0.2, 0.25) is 0 Å². The number of methoxy groups -OCH3 is 2. The number of benzene rings is 1. The topological polar surface area (TPSA) is 35.5 Å². The Morgan fingerprint density at radius 1 is 1.35 bits per heavy atom. The lowest BCUT2D eigenvalue weighted by Gasteiger charge is -2.09. The van der Waals surface area contributed by atoms with Crippen LogP contribution in [0, 0.1) is 0 Å². The lowest BCUT2D eigenvalue weighted by molar-refractivity contribution is -0.112. The van der Waals surface area contributed by atoms with Crippen LogP contribution in [-0.4, -0.2) is 25.9 Å². The molecule has 0 bridgehead atoms. The first kappa shape index (κ1) is 14.1. The van der Waals surface area contributed by atoms with Gasteiger partial charge in [0.15, 0.2) is 17.3 Å². The molecule has 0 heterocycles. The van der Waals surface area contributed by atoms with Gasteiger partial charge in [0.1, 0.15) is 0 Å². The summed E-state index contributed by atoms with van der Waals surface area (Å²) in [6.07, 6.45) is 3.11. The maximum absolute atomic E-state index is 11.1. The van der Waals surface area contributed by atoms with Crippen LogP contribution in [0.1, 0.15) is 5.56 Å². The number of ketones is 1. The minimum absolute atomic E-state index is 0.0264. The Morgan fingerprint density at radius 3 is 2.47 bits per heavy atom. The van der Waals surface area contributed by atoms with Crippen molar-refractivity contribution in [1.29, 1.82) is 0 Å². The highest BCUT2D eigenvalue weighted by molar-refractivity contribution is 9.10. The van der Waals surface area contributed by atoms with Crippen LogP contribution < -0.4 is 9.47 Å². The minimum Gasteiger partial charge on any atom is -0.493 e. The van der Waals surface area contributed by atoms with Gasteiger partial charge in [0.25, 0.3) is 0 Å². The van der Waals surface area contributed by atoms with E-state index in [4.69, 9.17) is 21.1 Å². The normalized spacial score (nSPS) is 10.6. The van der Waals surface area contributed by atoms with E-state index in [2.05, 4.69) is 15.9 Å². The van der Waals surface area contributed by atoms with Gasteiger partial charge in [0.05, 0.1) is 20.1 Å². The molecule has 1 aromatic carbocycles. The largest absolute Gasteiger partial charge is 0.493 e. The zero-order chi connectivity index (χ0) is 12.8. The van der Waals surface area contributed by atoms with Gasteiger partial charge in [-0.25, -0.2) is 0 Å². The smallest absolute Gasteiger partial charge is 0.170 e. The van der Waals surface area contributed by atoms with Crippen LogP contribution in [0.5, 0.6) is 11.5 Å². The summed E-state index contributed by atoms with van der Waals surface area (Å²) >= 11 is 8.80. The third kappa shape index (κ3) is 3.75. The van der Waals surface area contributed by atoms with Crippen LogP contribution in [0.2, 0.25) is 0 Å². The summed E-state index contributed by atoms with van der Waals surface area (Å²) in [5.74, 6) is 1.06. The second-order valence-electron chi connectivity index (χ2n) is 3.16. The van der Waals surface area contributed by atoms with Crippen molar-refractivity contribution < 1.29 is 14.3 Å². The number of hydrogen-bond donors (Lipinski definition) is 0. The fourth-order valence-corrected chi connectivity index (χ4v) is 1.77. The summed E-state index contributed by atoms with van der Waals surface area (Å²) in [5.41, 5.74) is 0.820. The van der Waals surface area contributed by atoms with E-state index in [1.807, 2.05) is 0 Å². The van der Waals surface area contributed by atoms with E-state index in [9.17, 15) is 4.79 Å². The average Bonchev–Trinajstić information content (AvgIpc) is 2.36. The third-order valence-electron chi connectivity index (χ3n) is 2.08. The van der Waals surface area contributed by atoms with Gasteiger partial charge in [-0.1, -0.05) is 22.0 Å². The Hall–Kier alpha value is -1.00. The van der Waals surface area contributed by atoms with Gasteiger partial charge in [-0.2, -0.15) is 0 Å². The van der Waals surface area contributed by atoms with Crippen molar-refractivity contribution in [2.24, 2.45) is 0 Å². The van der Waals surface area contributed by atoms with Crippen LogP contribution in [0.15, 0.2) is 22.7 Å². The fourth-order valence-electron chi connectivity index (χ4n) is 1.22.